The number of benzene rings is 3. The summed E-state index contributed by atoms with van der Waals surface area (Å²) in [5.41, 5.74) is 2.19. The monoisotopic (exact) mass is 540 g/mol. The van der Waals surface area contributed by atoms with Crippen LogP contribution in [0.15, 0.2) is 71.3 Å². The van der Waals surface area contributed by atoms with Gasteiger partial charge in [0.2, 0.25) is 0 Å². The maximum absolute atomic E-state index is 13.4. The van der Waals surface area contributed by atoms with Crippen molar-refractivity contribution in [3.8, 4) is 34.1 Å². The highest BCUT2D eigenvalue weighted by molar-refractivity contribution is 6.35. The third-order valence-electron chi connectivity index (χ3n) is 5.35. The van der Waals surface area contributed by atoms with Gasteiger partial charge in [0.1, 0.15) is 29.4 Å². The van der Waals surface area contributed by atoms with Crippen LogP contribution in [0.2, 0.25) is 10.0 Å². The minimum Gasteiger partial charge on any atom is -0.497 e. The van der Waals surface area contributed by atoms with Gasteiger partial charge in [0, 0.05) is 16.1 Å². The molecule has 0 unspecified atom stereocenters. The molecule has 1 heterocycles. The largest absolute Gasteiger partial charge is 0.497 e. The number of methoxy groups -OCH3 is 1. The molecule has 37 heavy (non-hydrogen) atoms. The number of carboxylic acid groups (broad SMARTS) is 1. The van der Waals surface area contributed by atoms with Gasteiger partial charge in [-0.3, -0.25) is 9.59 Å². The van der Waals surface area contributed by atoms with Crippen LogP contribution >= 0.6 is 23.2 Å². The minimum atomic E-state index is -0.965. The first-order chi connectivity index (χ1) is 17.9. The van der Waals surface area contributed by atoms with Crippen molar-refractivity contribution in [3.05, 3.63) is 87.9 Å². The van der Waals surface area contributed by atoms with Gasteiger partial charge in [-0.05, 0) is 42.0 Å². The maximum Gasteiger partial charge on any atom is 0.307 e. The van der Waals surface area contributed by atoms with Crippen molar-refractivity contribution in [2.45, 2.75) is 6.42 Å². The second-order valence-electron chi connectivity index (χ2n) is 7.92. The van der Waals surface area contributed by atoms with Crippen LogP contribution < -0.4 is 14.8 Å². The lowest BCUT2D eigenvalue weighted by atomic mass is 9.99. The third kappa shape index (κ3) is 6.41. The number of halogens is 2. The Morgan fingerprint density at radius 2 is 1.81 bits per heavy atom. The quantitative estimate of drug-likeness (QED) is 0.246. The first-order valence-electron chi connectivity index (χ1n) is 11.2. The van der Waals surface area contributed by atoms with E-state index in [1.165, 1.54) is 0 Å². The van der Waals surface area contributed by atoms with Gasteiger partial charge in [-0.25, -0.2) is 0 Å². The summed E-state index contributed by atoms with van der Waals surface area (Å²) < 4.78 is 16.6. The van der Waals surface area contributed by atoms with Crippen molar-refractivity contribution < 1.29 is 28.7 Å². The molecule has 8 nitrogen and oxygen atoms in total. The standard InChI is InChI=1S/C27H22Cl2N2O6/c1-35-20-7-3-6-18(14-20)26-24(25(31-37-26)17-5-2-4-16(12-17)13-23(32)33)27(34)30-10-11-36-22-9-8-19(28)15-21(22)29/h2-9,12,14-15H,10-11,13H2,1H3,(H,30,34)(H,32,33). The first-order valence-corrected chi connectivity index (χ1v) is 11.9. The molecule has 190 valence electrons. The summed E-state index contributed by atoms with van der Waals surface area (Å²) in [5.74, 6) is -0.134. The van der Waals surface area contributed by atoms with Crippen LogP contribution in [0.3, 0.4) is 0 Å². The van der Waals surface area contributed by atoms with E-state index in [-0.39, 0.29) is 36.6 Å². The van der Waals surface area contributed by atoms with Gasteiger partial charge in [-0.2, -0.15) is 0 Å². The van der Waals surface area contributed by atoms with Crippen LogP contribution in [0, 0.1) is 0 Å². The lowest BCUT2D eigenvalue weighted by Gasteiger charge is -2.10. The number of hydrogen-bond acceptors (Lipinski definition) is 6. The zero-order valence-corrected chi connectivity index (χ0v) is 21.2. The van der Waals surface area contributed by atoms with E-state index in [0.717, 1.165) is 0 Å². The van der Waals surface area contributed by atoms with Crippen LogP contribution in [-0.4, -0.2) is 42.4 Å². The van der Waals surface area contributed by atoms with Gasteiger partial charge in [0.05, 0.1) is 25.1 Å². The maximum atomic E-state index is 13.4. The molecule has 0 spiro atoms. The first kappa shape index (κ1) is 26.1. The summed E-state index contributed by atoms with van der Waals surface area (Å²) in [7, 11) is 1.54. The zero-order valence-electron chi connectivity index (χ0n) is 19.7. The Morgan fingerprint density at radius 3 is 2.57 bits per heavy atom. The number of hydrogen-bond donors (Lipinski definition) is 2. The Kier molecular flexibility index (Phi) is 8.32. The number of nitrogens with one attached hydrogen (secondary N) is 1. The number of aromatic nitrogens is 1. The lowest BCUT2D eigenvalue weighted by Crippen LogP contribution is -2.28. The zero-order chi connectivity index (χ0) is 26.4. The number of rotatable bonds is 10. The summed E-state index contributed by atoms with van der Waals surface area (Å²) in [6, 6.07) is 18.7. The number of carboxylic acids is 1. The Hall–Kier alpha value is -4.01. The molecule has 0 bridgehead atoms. The van der Waals surface area contributed by atoms with Gasteiger partial charge in [0.25, 0.3) is 5.91 Å². The lowest BCUT2D eigenvalue weighted by molar-refractivity contribution is -0.136. The number of ether oxygens (including phenoxy) is 2. The van der Waals surface area contributed by atoms with Crippen molar-refractivity contribution in [1.82, 2.24) is 10.5 Å². The molecule has 0 aliphatic rings. The average molecular weight is 541 g/mol. The molecule has 0 aliphatic heterocycles. The molecule has 0 aliphatic carbocycles. The Labute approximate surface area is 222 Å². The SMILES string of the molecule is COc1cccc(-c2onc(-c3cccc(CC(=O)O)c3)c2C(=O)NCCOc2ccc(Cl)cc2Cl)c1. The fraction of sp³-hybridized carbons (Fsp3) is 0.148. The predicted molar refractivity (Wildman–Crippen MR) is 140 cm³/mol. The van der Waals surface area contributed by atoms with E-state index in [0.29, 0.717) is 38.2 Å². The Bertz CT molecular complexity index is 1440. The van der Waals surface area contributed by atoms with Crippen molar-refractivity contribution in [2.24, 2.45) is 0 Å². The fourth-order valence-corrected chi connectivity index (χ4v) is 4.13. The van der Waals surface area contributed by atoms with Gasteiger partial charge >= 0.3 is 5.97 Å². The highest BCUT2D eigenvalue weighted by atomic mass is 35.5. The minimum absolute atomic E-state index is 0.149. The van der Waals surface area contributed by atoms with Crippen molar-refractivity contribution >= 4 is 35.1 Å². The van der Waals surface area contributed by atoms with Gasteiger partial charge in [-0.15, -0.1) is 0 Å². The average Bonchev–Trinajstić information content (AvgIpc) is 3.33. The molecule has 0 saturated heterocycles. The summed E-state index contributed by atoms with van der Waals surface area (Å²) in [5, 5.41) is 17.0. The van der Waals surface area contributed by atoms with E-state index in [4.69, 9.17) is 37.2 Å². The summed E-state index contributed by atoms with van der Waals surface area (Å²) in [6.07, 6.45) is -0.166. The van der Waals surface area contributed by atoms with E-state index in [9.17, 15) is 14.7 Å². The predicted octanol–water partition coefficient (Wildman–Crippen LogP) is 5.76. The molecular weight excluding hydrogens is 519 g/mol. The van der Waals surface area contributed by atoms with E-state index in [1.807, 2.05) is 0 Å². The van der Waals surface area contributed by atoms with Crippen molar-refractivity contribution in [1.29, 1.82) is 0 Å². The van der Waals surface area contributed by atoms with Crippen LogP contribution in [0.5, 0.6) is 11.5 Å². The number of carbonyl (C=O) groups is 2. The highest BCUT2D eigenvalue weighted by Gasteiger charge is 2.25. The molecule has 1 aromatic heterocycles. The van der Waals surface area contributed by atoms with Gasteiger partial charge < -0.3 is 24.4 Å². The number of carbonyl (C=O) groups excluding carboxylic acids is 1. The molecule has 3 aromatic carbocycles. The van der Waals surface area contributed by atoms with E-state index < -0.39 is 11.9 Å². The molecule has 1 amide bonds. The molecule has 4 aromatic rings. The molecule has 0 saturated carbocycles. The Balaban J connectivity index is 1.61. The molecule has 0 fully saturated rings. The second-order valence-corrected chi connectivity index (χ2v) is 8.76. The molecule has 0 atom stereocenters. The molecule has 10 heteroatoms. The van der Waals surface area contributed by atoms with Crippen molar-refractivity contribution in [2.75, 3.05) is 20.3 Å². The number of aliphatic carboxylic acids is 1. The summed E-state index contributed by atoms with van der Waals surface area (Å²) in [4.78, 5) is 24.6. The van der Waals surface area contributed by atoms with Crippen LogP contribution in [0.4, 0.5) is 0 Å². The van der Waals surface area contributed by atoms with Crippen LogP contribution in [0.1, 0.15) is 15.9 Å². The Morgan fingerprint density at radius 1 is 1.03 bits per heavy atom. The molecule has 2 N–H and O–H groups in total. The summed E-state index contributed by atoms with van der Waals surface area (Å²) in [6.45, 7) is 0.315. The van der Waals surface area contributed by atoms with E-state index >= 15 is 0 Å². The highest BCUT2D eigenvalue weighted by Crippen LogP contribution is 2.34. The smallest absolute Gasteiger partial charge is 0.307 e. The van der Waals surface area contributed by atoms with Crippen molar-refractivity contribution in [3.63, 3.8) is 0 Å². The molecular formula is C27H22Cl2N2O6. The van der Waals surface area contributed by atoms with Gasteiger partial charge in [0.15, 0.2) is 5.76 Å². The fourth-order valence-electron chi connectivity index (χ4n) is 3.67. The van der Waals surface area contributed by atoms with Crippen LogP contribution in [-0.2, 0) is 11.2 Å². The topological polar surface area (TPSA) is 111 Å². The second kappa shape index (κ2) is 11.8. The third-order valence-corrected chi connectivity index (χ3v) is 5.88. The molecule has 0 radical (unpaired) electrons. The van der Waals surface area contributed by atoms with E-state index in [2.05, 4.69) is 10.5 Å². The number of amides is 1. The number of nitrogens with zero attached hydrogens (tertiary/aromatic N) is 1. The molecule has 4 rings (SSSR count). The van der Waals surface area contributed by atoms with E-state index in [1.54, 1.807) is 73.8 Å². The van der Waals surface area contributed by atoms with Crippen LogP contribution in [0.25, 0.3) is 22.6 Å². The summed E-state index contributed by atoms with van der Waals surface area (Å²) >= 11 is 12.0. The normalized spacial score (nSPS) is 10.7. The van der Waals surface area contributed by atoms with Gasteiger partial charge in [-0.1, -0.05) is 58.7 Å².